The van der Waals surface area contributed by atoms with Crippen molar-refractivity contribution in [3.05, 3.63) is 0 Å². The molecule has 0 radical (unpaired) electrons. The zero-order valence-corrected chi connectivity index (χ0v) is 5.42. The monoisotopic (exact) mass is 131 g/mol. The molecule has 1 N–H and O–H groups in total. The Kier molecular flexibility index (Phi) is 1.13. The van der Waals surface area contributed by atoms with Gasteiger partial charge in [0.2, 0.25) is 5.79 Å². The first kappa shape index (κ1) is 6.35. The van der Waals surface area contributed by atoms with Crippen LogP contribution in [0.5, 0.6) is 0 Å². The molecule has 1 atom stereocenters. The Morgan fingerprint density at radius 1 is 1.89 bits per heavy atom. The van der Waals surface area contributed by atoms with Gasteiger partial charge >= 0.3 is 6.09 Å². The van der Waals surface area contributed by atoms with Crippen molar-refractivity contribution in [1.29, 1.82) is 0 Å². The van der Waals surface area contributed by atoms with Gasteiger partial charge in [-0.1, -0.05) is 0 Å². The number of carbonyl (C=O) groups is 1. The van der Waals surface area contributed by atoms with Crippen LogP contribution in [0.15, 0.2) is 0 Å². The quantitative estimate of drug-likeness (QED) is 0.494. The third kappa shape index (κ3) is 1.13. The van der Waals surface area contributed by atoms with Crippen LogP contribution >= 0.6 is 0 Å². The van der Waals surface area contributed by atoms with Crippen LogP contribution in [0.25, 0.3) is 0 Å². The molecule has 1 aliphatic rings. The molecule has 0 aromatic heterocycles. The van der Waals surface area contributed by atoms with Crippen LogP contribution in [-0.4, -0.2) is 35.5 Å². The van der Waals surface area contributed by atoms with E-state index in [1.54, 1.807) is 7.05 Å². The molecular weight excluding hydrogens is 122 g/mol. The summed E-state index contributed by atoms with van der Waals surface area (Å²) < 4.78 is 4.50. The Hall–Kier alpha value is -0.770. The van der Waals surface area contributed by atoms with Gasteiger partial charge in [0.05, 0.1) is 6.54 Å². The summed E-state index contributed by atoms with van der Waals surface area (Å²) in [6, 6.07) is 0. The van der Waals surface area contributed by atoms with Crippen molar-refractivity contribution in [1.82, 2.24) is 4.90 Å². The Morgan fingerprint density at radius 3 is 2.56 bits per heavy atom. The normalized spacial score (nSPS) is 35.0. The fourth-order valence-electron chi connectivity index (χ4n) is 0.803. The van der Waals surface area contributed by atoms with E-state index >= 15 is 0 Å². The summed E-state index contributed by atoms with van der Waals surface area (Å²) in [6.07, 6.45) is -0.472. The van der Waals surface area contributed by atoms with E-state index in [1.807, 2.05) is 0 Å². The van der Waals surface area contributed by atoms with Crippen LogP contribution in [-0.2, 0) is 4.74 Å². The van der Waals surface area contributed by atoms with Crippen LogP contribution in [0, 0.1) is 0 Å². The molecule has 0 aliphatic carbocycles. The van der Waals surface area contributed by atoms with Crippen LogP contribution in [0.1, 0.15) is 6.92 Å². The molecule has 4 nitrogen and oxygen atoms in total. The molecule has 1 saturated heterocycles. The summed E-state index contributed by atoms with van der Waals surface area (Å²) in [6.45, 7) is 1.69. The van der Waals surface area contributed by atoms with Gasteiger partial charge in [0.15, 0.2) is 0 Å². The molecule has 0 aromatic rings. The summed E-state index contributed by atoms with van der Waals surface area (Å²) >= 11 is 0. The van der Waals surface area contributed by atoms with Gasteiger partial charge in [-0.05, 0) is 0 Å². The molecule has 0 aromatic carbocycles. The second-order valence-electron chi connectivity index (χ2n) is 2.40. The topological polar surface area (TPSA) is 49.8 Å². The summed E-state index contributed by atoms with van der Waals surface area (Å²) in [7, 11) is 1.57. The summed E-state index contributed by atoms with van der Waals surface area (Å²) in [5.41, 5.74) is 0. The molecule has 1 unspecified atom stereocenters. The highest BCUT2D eigenvalue weighted by atomic mass is 16.7. The summed E-state index contributed by atoms with van der Waals surface area (Å²) in [4.78, 5) is 11.9. The van der Waals surface area contributed by atoms with E-state index < -0.39 is 11.9 Å². The number of likely N-dealkylation sites (N-methyl/N-ethyl adjacent to an activating group) is 1. The van der Waals surface area contributed by atoms with E-state index in [0.29, 0.717) is 0 Å². The number of rotatable bonds is 0. The van der Waals surface area contributed by atoms with Crippen molar-refractivity contribution in [3.8, 4) is 0 Å². The van der Waals surface area contributed by atoms with Crippen molar-refractivity contribution >= 4 is 6.09 Å². The van der Waals surface area contributed by atoms with E-state index in [0.717, 1.165) is 0 Å². The second kappa shape index (κ2) is 1.60. The minimum Gasteiger partial charge on any atom is -0.415 e. The third-order valence-electron chi connectivity index (χ3n) is 1.15. The third-order valence-corrected chi connectivity index (χ3v) is 1.15. The largest absolute Gasteiger partial charge is 0.415 e. The molecule has 1 amide bonds. The highest BCUT2D eigenvalue weighted by molar-refractivity contribution is 5.69. The van der Waals surface area contributed by atoms with E-state index in [1.165, 1.54) is 11.8 Å². The van der Waals surface area contributed by atoms with Crippen molar-refractivity contribution in [2.24, 2.45) is 0 Å². The van der Waals surface area contributed by atoms with Gasteiger partial charge in [0, 0.05) is 14.0 Å². The average molecular weight is 131 g/mol. The first-order valence-corrected chi connectivity index (χ1v) is 2.68. The highest BCUT2D eigenvalue weighted by Gasteiger charge is 2.37. The molecule has 0 bridgehead atoms. The minimum absolute atomic E-state index is 0.242. The molecule has 1 heterocycles. The molecule has 1 fully saturated rings. The van der Waals surface area contributed by atoms with Crippen molar-refractivity contribution in [3.63, 3.8) is 0 Å². The number of ether oxygens (including phenoxy) is 1. The molecular formula is C5H9NO3. The van der Waals surface area contributed by atoms with E-state index in [-0.39, 0.29) is 6.54 Å². The molecule has 0 spiro atoms. The molecule has 1 rings (SSSR count). The number of aliphatic hydroxyl groups is 1. The predicted molar refractivity (Wildman–Crippen MR) is 29.7 cm³/mol. The summed E-state index contributed by atoms with van der Waals surface area (Å²) in [5.74, 6) is -1.29. The number of cyclic esters (lactones) is 1. The van der Waals surface area contributed by atoms with Crippen molar-refractivity contribution < 1.29 is 14.6 Å². The number of β-amino-alcohol motifs (C(OH)–C–C–N with tert-alkyl or cyclic N) is 1. The molecule has 0 saturated carbocycles. The van der Waals surface area contributed by atoms with Gasteiger partial charge < -0.3 is 14.7 Å². The SMILES string of the molecule is CN1CC(C)(O)OC1=O. The van der Waals surface area contributed by atoms with Crippen LogP contribution in [0.3, 0.4) is 0 Å². The van der Waals surface area contributed by atoms with Gasteiger partial charge in [-0.3, -0.25) is 0 Å². The molecule has 52 valence electrons. The lowest BCUT2D eigenvalue weighted by Crippen LogP contribution is -2.28. The van der Waals surface area contributed by atoms with Crippen molar-refractivity contribution in [2.75, 3.05) is 13.6 Å². The lowest BCUT2D eigenvalue weighted by atomic mass is 10.3. The van der Waals surface area contributed by atoms with Gasteiger partial charge in [-0.2, -0.15) is 0 Å². The zero-order valence-electron chi connectivity index (χ0n) is 5.42. The zero-order chi connectivity index (χ0) is 7.07. The lowest BCUT2D eigenvalue weighted by Gasteiger charge is -2.11. The fraction of sp³-hybridized carbons (Fsp3) is 0.800. The Labute approximate surface area is 53.0 Å². The number of amides is 1. The first-order valence-electron chi connectivity index (χ1n) is 2.68. The smallest absolute Gasteiger partial charge is 0.412 e. The Morgan fingerprint density at radius 2 is 2.44 bits per heavy atom. The number of carbonyl (C=O) groups excluding carboxylic acids is 1. The molecule has 9 heavy (non-hydrogen) atoms. The van der Waals surface area contributed by atoms with Gasteiger partial charge in [-0.15, -0.1) is 0 Å². The van der Waals surface area contributed by atoms with Gasteiger partial charge in [-0.25, -0.2) is 4.79 Å². The van der Waals surface area contributed by atoms with E-state index in [4.69, 9.17) is 5.11 Å². The minimum atomic E-state index is -1.29. The lowest BCUT2D eigenvalue weighted by molar-refractivity contribution is -0.114. The van der Waals surface area contributed by atoms with Crippen molar-refractivity contribution in [2.45, 2.75) is 12.7 Å². The molecule has 4 heteroatoms. The molecule has 1 aliphatic heterocycles. The maximum Gasteiger partial charge on any atom is 0.412 e. The highest BCUT2D eigenvalue weighted by Crippen LogP contribution is 2.16. The van der Waals surface area contributed by atoms with Crippen LogP contribution in [0.4, 0.5) is 4.79 Å². The van der Waals surface area contributed by atoms with E-state index in [2.05, 4.69) is 4.74 Å². The second-order valence-corrected chi connectivity index (χ2v) is 2.40. The number of nitrogens with zero attached hydrogens (tertiary/aromatic N) is 1. The van der Waals surface area contributed by atoms with Gasteiger partial charge in [0.25, 0.3) is 0 Å². The number of hydrogen-bond acceptors (Lipinski definition) is 3. The first-order chi connectivity index (χ1) is 4.01. The Bertz CT molecular complexity index is 143. The van der Waals surface area contributed by atoms with Crippen LogP contribution < -0.4 is 0 Å². The number of hydrogen-bond donors (Lipinski definition) is 1. The van der Waals surface area contributed by atoms with E-state index in [9.17, 15) is 4.79 Å². The van der Waals surface area contributed by atoms with Gasteiger partial charge in [0.1, 0.15) is 0 Å². The maximum absolute atomic E-state index is 10.5. The summed E-state index contributed by atoms with van der Waals surface area (Å²) in [5, 5.41) is 9.05. The predicted octanol–water partition coefficient (Wildman–Crippen LogP) is -0.223. The Balaban J connectivity index is 2.65. The fourth-order valence-corrected chi connectivity index (χ4v) is 0.803. The van der Waals surface area contributed by atoms with Crippen LogP contribution in [0.2, 0.25) is 0 Å². The average Bonchev–Trinajstić information content (AvgIpc) is 1.79. The maximum atomic E-state index is 10.5. The standard InChI is InChI=1S/C5H9NO3/c1-5(8)3-6(2)4(7)9-5/h8H,3H2,1-2H3.